The number of nitrogens with zero attached hydrogens (tertiary/aromatic N) is 2. The van der Waals surface area contributed by atoms with Gasteiger partial charge >= 0.3 is 6.18 Å². The third-order valence-electron chi connectivity index (χ3n) is 3.55. The third-order valence-corrected chi connectivity index (χ3v) is 3.55. The smallest absolute Gasteiger partial charge is 0.379 e. The Labute approximate surface area is 135 Å². The minimum Gasteiger partial charge on any atom is -0.379 e. The fourth-order valence-corrected chi connectivity index (χ4v) is 2.32. The third kappa shape index (κ3) is 3.40. The molecule has 0 atom stereocenters. The van der Waals surface area contributed by atoms with Crippen molar-refractivity contribution in [3.8, 4) is 0 Å². The van der Waals surface area contributed by atoms with Gasteiger partial charge in [0.15, 0.2) is 0 Å². The first-order valence-electron chi connectivity index (χ1n) is 7.23. The van der Waals surface area contributed by atoms with Crippen molar-refractivity contribution in [2.45, 2.75) is 19.6 Å². The quantitative estimate of drug-likeness (QED) is 0.796. The Hall–Kier alpha value is -2.83. The Morgan fingerprint density at radius 3 is 2.50 bits per heavy atom. The second-order valence-corrected chi connectivity index (χ2v) is 5.45. The number of nitrogens with one attached hydrogen (secondary N) is 1. The SMILES string of the molecule is Cc1ccc2nc(CNc3ccc(C(F)(F)F)cc3)cc(=O)n2c1. The average Bonchev–Trinajstić information content (AvgIpc) is 2.53. The van der Waals surface area contributed by atoms with Crippen LogP contribution >= 0.6 is 0 Å². The van der Waals surface area contributed by atoms with Crippen molar-refractivity contribution in [1.82, 2.24) is 9.38 Å². The van der Waals surface area contributed by atoms with Gasteiger partial charge in [-0.05, 0) is 42.8 Å². The summed E-state index contributed by atoms with van der Waals surface area (Å²) in [5, 5.41) is 2.96. The maximum atomic E-state index is 12.5. The van der Waals surface area contributed by atoms with E-state index in [0.29, 0.717) is 17.0 Å². The fraction of sp³-hybridized carbons (Fsp3) is 0.176. The van der Waals surface area contributed by atoms with Crippen molar-refractivity contribution in [1.29, 1.82) is 0 Å². The summed E-state index contributed by atoms with van der Waals surface area (Å²) in [6.07, 6.45) is -2.65. The highest BCUT2D eigenvalue weighted by Gasteiger charge is 2.29. The lowest BCUT2D eigenvalue weighted by Gasteiger charge is -2.10. The Balaban J connectivity index is 1.78. The normalized spacial score (nSPS) is 11.7. The molecule has 1 aromatic carbocycles. The van der Waals surface area contributed by atoms with Gasteiger partial charge in [0.25, 0.3) is 5.56 Å². The molecule has 0 spiro atoms. The highest BCUT2D eigenvalue weighted by molar-refractivity contribution is 5.46. The number of halogens is 3. The van der Waals surface area contributed by atoms with E-state index < -0.39 is 11.7 Å². The molecule has 3 rings (SSSR count). The monoisotopic (exact) mass is 333 g/mol. The standard InChI is InChI=1S/C17H14F3N3O/c1-11-2-7-15-22-14(8-16(24)23(15)10-11)9-21-13-5-3-12(4-6-13)17(18,19)20/h2-8,10,21H,9H2,1H3. The Morgan fingerprint density at radius 2 is 1.83 bits per heavy atom. The van der Waals surface area contributed by atoms with Gasteiger partial charge in [-0.3, -0.25) is 9.20 Å². The van der Waals surface area contributed by atoms with Crippen molar-refractivity contribution in [2.24, 2.45) is 0 Å². The van der Waals surface area contributed by atoms with Crippen molar-refractivity contribution in [2.75, 3.05) is 5.32 Å². The Bertz CT molecular complexity index is 930. The van der Waals surface area contributed by atoms with Crippen LogP contribution in [0, 0.1) is 6.92 Å². The van der Waals surface area contributed by atoms with Gasteiger partial charge in [0.2, 0.25) is 0 Å². The predicted molar refractivity (Wildman–Crippen MR) is 85.0 cm³/mol. The molecule has 0 aliphatic rings. The van der Waals surface area contributed by atoms with E-state index in [1.807, 2.05) is 13.0 Å². The maximum Gasteiger partial charge on any atom is 0.416 e. The minimum atomic E-state index is -4.36. The summed E-state index contributed by atoms with van der Waals surface area (Å²) in [6.45, 7) is 2.12. The van der Waals surface area contributed by atoms with E-state index in [1.165, 1.54) is 22.6 Å². The van der Waals surface area contributed by atoms with Gasteiger partial charge in [-0.2, -0.15) is 13.2 Å². The fourth-order valence-electron chi connectivity index (χ4n) is 2.32. The zero-order valence-corrected chi connectivity index (χ0v) is 12.8. The molecular weight excluding hydrogens is 319 g/mol. The highest BCUT2D eigenvalue weighted by Crippen LogP contribution is 2.29. The number of hydrogen-bond donors (Lipinski definition) is 1. The molecule has 0 saturated carbocycles. The largest absolute Gasteiger partial charge is 0.416 e. The predicted octanol–water partition coefficient (Wildman–Crippen LogP) is 3.63. The molecule has 4 nitrogen and oxygen atoms in total. The first kappa shape index (κ1) is 16.0. The molecule has 0 saturated heterocycles. The van der Waals surface area contributed by atoms with E-state index in [0.717, 1.165) is 17.7 Å². The van der Waals surface area contributed by atoms with Gasteiger partial charge < -0.3 is 5.32 Å². The van der Waals surface area contributed by atoms with E-state index in [1.54, 1.807) is 12.3 Å². The molecule has 124 valence electrons. The van der Waals surface area contributed by atoms with E-state index in [-0.39, 0.29) is 12.1 Å². The topological polar surface area (TPSA) is 46.4 Å². The summed E-state index contributed by atoms with van der Waals surface area (Å²) < 4.78 is 39.0. The van der Waals surface area contributed by atoms with Crippen molar-refractivity contribution >= 4 is 11.3 Å². The van der Waals surface area contributed by atoms with Gasteiger partial charge in [-0.1, -0.05) is 6.07 Å². The molecule has 3 aromatic rings. The van der Waals surface area contributed by atoms with E-state index >= 15 is 0 Å². The van der Waals surface area contributed by atoms with Crippen molar-refractivity contribution in [3.05, 3.63) is 75.8 Å². The van der Waals surface area contributed by atoms with Crippen LogP contribution in [0.5, 0.6) is 0 Å². The zero-order chi connectivity index (χ0) is 17.3. The number of hydrogen-bond acceptors (Lipinski definition) is 3. The van der Waals surface area contributed by atoms with Gasteiger partial charge in [0.05, 0.1) is 17.8 Å². The molecule has 0 aliphatic carbocycles. The molecule has 0 radical (unpaired) electrons. The molecule has 0 fully saturated rings. The van der Waals surface area contributed by atoms with Crippen LogP contribution in [0.1, 0.15) is 16.8 Å². The van der Waals surface area contributed by atoms with Crippen LogP contribution in [0.4, 0.5) is 18.9 Å². The number of aryl methyl sites for hydroxylation is 1. The average molecular weight is 333 g/mol. The molecule has 0 bridgehead atoms. The lowest BCUT2D eigenvalue weighted by atomic mass is 10.2. The summed E-state index contributed by atoms with van der Waals surface area (Å²) in [4.78, 5) is 16.5. The van der Waals surface area contributed by atoms with E-state index in [2.05, 4.69) is 10.3 Å². The second-order valence-electron chi connectivity index (χ2n) is 5.45. The molecule has 7 heteroatoms. The van der Waals surface area contributed by atoms with Crippen LogP contribution in [0.2, 0.25) is 0 Å². The number of benzene rings is 1. The summed E-state index contributed by atoms with van der Waals surface area (Å²) >= 11 is 0. The number of aromatic nitrogens is 2. The number of fused-ring (bicyclic) bond motifs is 1. The first-order chi connectivity index (χ1) is 11.3. The summed E-state index contributed by atoms with van der Waals surface area (Å²) in [7, 11) is 0. The maximum absolute atomic E-state index is 12.5. The summed E-state index contributed by atoms with van der Waals surface area (Å²) in [5.41, 5.74) is 1.61. The molecule has 0 aliphatic heterocycles. The second kappa shape index (κ2) is 5.99. The van der Waals surface area contributed by atoms with E-state index in [9.17, 15) is 18.0 Å². The number of anilines is 1. The molecule has 24 heavy (non-hydrogen) atoms. The molecule has 2 aromatic heterocycles. The Kier molecular flexibility index (Phi) is 4.01. The molecule has 0 unspecified atom stereocenters. The zero-order valence-electron chi connectivity index (χ0n) is 12.8. The summed E-state index contributed by atoms with van der Waals surface area (Å²) in [5.74, 6) is 0. The van der Waals surface area contributed by atoms with Crippen LogP contribution in [0.15, 0.2) is 53.5 Å². The van der Waals surface area contributed by atoms with Crippen molar-refractivity contribution in [3.63, 3.8) is 0 Å². The molecule has 0 amide bonds. The number of alkyl halides is 3. The van der Waals surface area contributed by atoms with Crippen LogP contribution < -0.4 is 10.9 Å². The number of rotatable bonds is 3. The van der Waals surface area contributed by atoms with E-state index in [4.69, 9.17) is 0 Å². The lowest BCUT2D eigenvalue weighted by Crippen LogP contribution is -2.17. The molecule has 2 heterocycles. The number of pyridine rings is 1. The Morgan fingerprint density at radius 1 is 1.12 bits per heavy atom. The minimum absolute atomic E-state index is 0.201. The van der Waals surface area contributed by atoms with Crippen molar-refractivity contribution < 1.29 is 13.2 Å². The lowest BCUT2D eigenvalue weighted by molar-refractivity contribution is -0.137. The van der Waals surface area contributed by atoms with Crippen LogP contribution in [0.25, 0.3) is 5.65 Å². The van der Waals surface area contributed by atoms with Gasteiger partial charge in [-0.25, -0.2) is 4.98 Å². The van der Waals surface area contributed by atoms with Gasteiger partial charge in [0.1, 0.15) is 5.65 Å². The van der Waals surface area contributed by atoms with Crippen LogP contribution in [0.3, 0.4) is 0 Å². The van der Waals surface area contributed by atoms with Gasteiger partial charge in [-0.15, -0.1) is 0 Å². The van der Waals surface area contributed by atoms with Crippen LogP contribution in [-0.2, 0) is 12.7 Å². The van der Waals surface area contributed by atoms with Crippen LogP contribution in [-0.4, -0.2) is 9.38 Å². The summed E-state index contributed by atoms with van der Waals surface area (Å²) in [6, 6.07) is 9.72. The highest BCUT2D eigenvalue weighted by atomic mass is 19.4. The molecule has 1 N–H and O–H groups in total. The first-order valence-corrected chi connectivity index (χ1v) is 7.23. The molecular formula is C17H14F3N3O. The van der Waals surface area contributed by atoms with Gasteiger partial charge in [0, 0.05) is 18.0 Å².